The monoisotopic (exact) mass is 455 g/mol. The molecule has 0 unspecified atom stereocenters. The summed E-state index contributed by atoms with van der Waals surface area (Å²) >= 11 is 0. The average Bonchev–Trinajstić information content (AvgIpc) is 3.08. The maximum Gasteiger partial charge on any atom is 0.287 e. The average molecular weight is 456 g/mol. The number of carbonyl (C=O) groups excluding carboxylic acids is 1. The number of nitrogens with zero attached hydrogens (tertiary/aromatic N) is 3. The highest BCUT2D eigenvalue weighted by atomic mass is 35.5. The van der Waals surface area contributed by atoms with Crippen LogP contribution >= 0.6 is 24.8 Å². The van der Waals surface area contributed by atoms with Gasteiger partial charge in [0.1, 0.15) is 0 Å². The summed E-state index contributed by atoms with van der Waals surface area (Å²) in [4.78, 5) is 27.2. The third-order valence-electron chi connectivity index (χ3n) is 6.35. The molecule has 0 bridgehead atoms. The van der Waals surface area contributed by atoms with E-state index in [1.54, 1.807) is 6.20 Å². The van der Waals surface area contributed by atoms with Crippen LogP contribution in [0.5, 0.6) is 0 Å². The second-order valence-corrected chi connectivity index (χ2v) is 8.47. The molecule has 4 rings (SSSR count). The van der Waals surface area contributed by atoms with Gasteiger partial charge in [-0.05, 0) is 44.4 Å². The SMILES string of the molecule is Cl.Cl.O=C(N[C@@H]1CCCCCN(C2CCCCCCC2)C1)c1nc2ncccc2[nH]1. The van der Waals surface area contributed by atoms with Gasteiger partial charge < -0.3 is 10.3 Å². The summed E-state index contributed by atoms with van der Waals surface area (Å²) in [5, 5.41) is 3.26. The number of imidazole rings is 1. The lowest BCUT2D eigenvalue weighted by atomic mass is 9.94. The van der Waals surface area contributed by atoms with E-state index >= 15 is 0 Å². The number of nitrogens with one attached hydrogen (secondary N) is 2. The third-order valence-corrected chi connectivity index (χ3v) is 6.35. The Labute approximate surface area is 191 Å². The van der Waals surface area contributed by atoms with Gasteiger partial charge in [-0.25, -0.2) is 9.97 Å². The van der Waals surface area contributed by atoms with Crippen molar-refractivity contribution >= 4 is 41.9 Å². The van der Waals surface area contributed by atoms with Gasteiger partial charge in [-0.2, -0.15) is 0 Å². The molecule has 1 aliphatic heterocycles. The third kappa shape index (κ3) is 6.56. The van der Waals surface area contributed by atoms with Crippen molar-refractivity contribution in [2.24, 2.45) is 0 Å². The molecule has 1 saturated heterocycles. The van der Waals surface area contributed by atoms with Gasteiger partial charge >= 0.3 is 0 Å². The predicted molar refractivity (Wildman–Crippen MR) is 126 cm³/mol. The van der Waals surface area contributed by atoms with E-state index in [2.05, 4.69) is 25.2 Å². The van der Waals surface area contributed by atoms with E-state index in [0.29, 0.717) is 17.5 Å². The fraction of sp³-hybridized carbons (Fsp3) is 0.682. The summed E-state index contributed by atoms with van der Waals surface area (Å²) in [5.74, 6) is 0.259. The number of pyridine rings is 1. The van der Waals surface area contributed by atoms with Gasteiger partial charge in [0.2, 0.25) is 0 Å². The van der Waals surface area contributed by atoms with Crippen molar-refractivity contribution in [2.75, 3.05) is 13.1 Å². The largest absolute Gasteiger partial charge is 0.345 e. The first-order valence-corrected chi connectivity index (χ1v) is 11.2. The van der Waals surface area contributed by atoms with E-state index < -0.39 is 0 Å². The summed E-state index contributed by atoms with van der Waals surface area (Å²) < 4.78 is 0. The van der Waals surface area contributed by atoms with Gasteiger partial charge in [-0.15, -0.1) is 24.8 Å². The molecule has 1 aliphatic carbocycles. The lowest BCUT2D eigenvalue weighted by molar-refractivity contribution is 0.0878. The van der Waals surface area contributed by atoms with Crippen molar-refractivity contribution < 1.29 is 4.79 Å². The van der Waals surface area contributed by atoms with Crippen LogP contribution in [0.15, 0.2) is 18.3 Å². The van der Waals surface area contributed by atoms with Gasteiger partial charge in [0.15, 0.2) is 11.5 Å². The number of aromatic amines is 1. The Morgan fingerprint density at radius 2 is 1.70 bits per heavy atom. The maximum atomic E-state index is 12.8. The Balaban J connectivity index is 0.00000160. The molecule has 1 amide bonds. The summed E-state index contributed by atoms with van der Waals surface area (Å²) in [5.41, 5.74) is 1.41. The highest BCUT2D eigenvalue weighted by Crippen LogP contribution is 2.24. The molecule has 8 heteroatoms. The first kappa shape index (κ1) is 24.9. The van der Waals surface area contributed by atoms with Gasteiger partial charge in [-0.1, -0.05) is 44.9 Å². The number of rotatable bonds is 3. The number of hydrogen-bond acceptors (Lipinski definition) is 4. The fourth-order valence-electron chi connectivity index (χ4n) is 4.80. The Hall–Kier alpha value is -1.37. The van der Waals surface area contributed by atoms with Gasteiger partial charge in [0.05, 0.1) is 5.52 Å². The molecule has 2 fully saturated rings. The van der Waals surface area contributed by atoms with Crippen molar-refractivity contribution in [2.45, 2.75) is 82.7 Å². The fourth-order valence-corrected chi connectivity index (χ4v) is 4.80. The molecular formula is C22H35Cl2N5O. The Bertz CT molecular complexity index is 743. The van der Waals surface area contributed by atoms with E-state index in [9.17, 15) is 4.79 Å². The minimum Gasteiger partial charge on any atom is -0.345 e. The number of hydrogen-bond donors (Lipinski definition) is 2. The zero-order valence-corrected chi connectivity index (χ0v) is 19.3. The molecule has 2 aliphatic rings. The van der Waals surface area contributed by atoms with Crippen LogP contribution in [0, 0.1) is 0 Å². The highest BCUT2D eigenvalue weighted by molar-refractivity contribution is 5.93. The van der Waals surface area contributed by atoms with Crippen LogP contribution < -0.4 is 5.32 Å². The van der Waals surface area contributed by atoms with Gasteiger partial charge in [0.25, 0.3) is 5.91 Å². The van der Waals surface area contributed by atoms with Crippen molar-refractivity contribution in [3.63, 3.8) is 0 Å². The molecule has 0 radical (unpaired) electrons. The van der Waals surface area contributed by atoms with E-state index in [1.165, 1.54) is 70.8 Å². The molecule has 3 heterocycles. The number of H-pyrrole nitrogens is 1. The Morgan fingerprint density at radius 3 is 2.47 bits per heavy atom. The first-order valence-electron chi connectivity index (χ1n) is 11.2. The van der Waals surface area contributed by atoms with Crippen molar-refractivity contribution in [1.29, 1.82) is 0 Å². The normalized spacial score (nSPS) is 21.9. The molecule has 2 N–H and O–H groups in total. The van der Waals surface area contributed by atoms with Crippen LogP contribution in [0.3, 0.4) is 0 Å². The van der Waals surface area contributed by atoms with Crippen LogP contribution in [-0.2, 0) is 0 Å². The topological polar surface area (TPSA) is 73.9 Å². The van der Waals surface area contributed by atoms with Gasteiger partial charge in [0, 0.05) is 24.8 Å². The lowest BCUT2D eigenvalue weighted by Crippen LogP contribution is -2.48. The van der Waals surface area contributed by atoms with Crippen LogP contribution in [0.2, 0.25) is 0 Å². The molecule has 1 atom stereocenters. The van der Waals surface area contributed by atoms with E-state index in [0.717, 1.165) is 18.5 Å². The van der Waals surface area contributed by atoms with Crippen LogP contribution in [0.25, 0.3) is 11.2 Å². The predicted octanol–water partition coefficient (Wildman–Crippen LogP) is 4.89. The number of aromatic nitrogens is 3. The summed E-state index contributed by atoms with van der Waals surface area (Å²) in [6, 6.07) is 4.63. The van der Waals surface area contributed by atoms with Crippen molar-refractivity contribution in [3.8, 4) is 0 Å². The minimum absolute atomic E-state index is 0. The Morgan fingerprint density at radius 1 is 1.00 bits per heavy atom. The zero-order chi connectivity index (χ0) is 19.2. The van der Waals surface area contributed by atoms with Crippen LogP contribution in [-0.4, -0.2) is 50.9 Å². The van der Waals surface area contributed by atoms with Crippen molar-refractivity contribution in [3.05, 3.63) is 24.2 Å². The number of amides is 1. The quantitative estimate of drug-likeness (QED) is 0.690. The first-order chi connectivity index (χ1) is 13.8. The molecule has 0 spiro atoms. The minimum atomic E-state index is -0.110. The highest BCUT2D eigenvalue weighted by Gasteiger charge is 2.25. The number of likely N-dealkylation sites (tertiary alicyclic amines) is 1. The van der Waals surface area contributed by atoms with E-state index in [-0.39, 0.29) is 36.8 Å². The molecule has 168 valence electrons. The van der Waals surface area contributed by atoms with Gasteiger partial charge in [-0.3, -0.25) is 9.69 Å². The lowest BCUT2D eigenvalue weighted by Gasteiger charge is -2.37. The summed E-state index contributed by atoms with van der Waals surface area (Å²) in [7, 11) is 0. The molecule has 2 aromatic heterocycles. The zero-order valence-electron chi connectivity index (χ0n) is 17.6. The number of halogens is 2. The second kappa shape index (κ2) is 12.5. The number of carbonyl (C=O) groups is 1. The maximum absolute atomic E-state index is 12.8. The summed E-state index contributed by atoms with van der Waals surface area (Å²) in [6.45, 7) is 2.14. The molecule has 1 saturated carbocycles. The molecule has 0 aromatic carbocycles. The van der Waals surface area contributed by atoms with Crippen LogP contribution in [0.1, 0.15) is 81.2 Å². The second-order valence-electron chi connectivity index (χ2n) is 8.47. The van der Waals surface area contributed by atoms with E-state index in [1.807, 2.05) is 12.1 Å². The smallest absolute Gasteiger partial charge is 0.287 e. The number of fused-ring (bicyclic) bond motifs is 1. The van der Waals surface area contributed by atoms with Crippen molar-refractivity contribution in [1.82, 2.24) is 25.2 Å². The summed E-state index contributed by atoms with van der Waals surface area (Å²) in [6.07, 6.45) is 16.0. The van der Waals surface area contributed by atoms with Crippen LogP contribution in [0.4, 0.5) is 0 Å². The molecular weight excluding hydrogens is 421 g/mol. The standard InChI is InChI=1S/C22H33N5O.2ClH/c28-22(21-25-19-13-9-14-23-20(19)26-21)24-17-10-5-4-8-15-27(16-17)18-11-6-2-1-3-7-12-18;;/h9,13-14,17-18H,1-8,10-12,15-16H2,(H,24,28)(H,23,25,26);2*1H/t17-;;/m1../s1. The molecule has 6 nitrogen and oxygen atoms in total. The Kier molecular flexibility index (Phi) is 10.4. The molecule has 2 aromatic rings. The molecule has 30 heavy (non-hydrogen) atoms. The van der Waals surface area contributed by atoms with E-state index in [4.69, 9.17) is 0 Å².